The van der Waals surface area contributed by atoms with E-state index in [1.807, 2.05) is 13.0 Å². The third kappa shape index (κ3) is 2.64. The summed E-state index contributed by atoms with van der Waals surface area (Å²) < 4.78 is 1.66. The molecule has 0 aliphatic rings. The molecular weight excluding hydrogens is 258 g/mol. The lowest BCUT2D eigenvalue weighted by Gasteiger charge is -2.13. The molecule has 2 N–H and O–H groups in total. The average molecular weight is 275 g/mol. The summed E-state index contributed by atoms with van der Waals surface area (Å²) in [6.07, 6.45) is 2.82. The second-order valence-electron chi connectivity index (χ2n) is 4.63. The maximum atomic E-state index is 12.3. The predicted molar refractivity (Wildman–Crippen MR) is 73.7 cm³/mol. The van der Waals surface area contributed by atoms with Crippen LogP contribution in [0.15, 0.2) is 24.4 Å². The lowest BCUT2D eigenvalue weighted by atomic mass is 10.1. The highest BCUT2D eigenvalue weighted by Crippen LogP contribution is 2.12. The standard InChI is InChI=1S/C14H17N3O3/c1-3-6-10(14(19)20)16-13(18)12-9(2)15-11-7-4-5-8-17(11)12/h4-5,7-8,10H,3,6H2,1-2H3,(H,16,18)(H,19,20). The molecule has 6 heteroatoms. The number of aliphatic carboxylic acids is 1. The molecule has 0 radical (unpaired) electrons. The van der Waals surface area contributed by atoms with E-state index in [-0.39, 0.29) is 0 Å². The van der Waals surface area contributed by atoms with Gasteiger partial charge in [-0.2, -0.15) is 0 Å². The van der Waals surface area contributed by atoms with Crippen molar-refractivity contribution in [3.63, 3.8) is 0 Å². The first kappa shape index (κ1) is 14.0. The van der Waals surface area contributed by atoms with Crippen molar-refractivity contribution in [3.05, 3.63) is 35.8 Å². The molecule has 0 saturated heterocycles. The van der Waals surface area contributed by atoms with Crippen LogP contribution in [-0.2, 0) is 4.79 Å². The smallest absolute Gasteiger partial charge is 0.326 e. The van der Waals surface area contributed by atoms with E-state index >= 15 is 0 Å². The van der Waals surface area contributed by atoms with Gasteiger partial charge in [-0.05, 0) is 25.5 Å². The molecule has 0 aromatic carbocycles. The molecule has 1 atom stereocenters. The number of aromatic nitrogens is 2. The van der Waals surface area contributed by atoms with Gasteiger partial charge in [0, 0.05) is 6.20 Å². The Balaban J connectivity index is 2.31. The van der Waals surface area contributed by atoms with Crippen LogP contribution in [-0.4, -0.2) is 32.4 Å². The van der Waals surface area contributed by atoms with Gasteiger partial charge in [-0.15, -0.1) is 0 Å². The minimum Gasteiger partial charge on any atom is -0.480 e. The van der Waals surface area contributed by atoms with Gasteiger partial charge in [-0.1, -0.05) is 19.4 Å². The number of carboxylic acids is 1. The highest BCUT2D eigenvalue weighted by atomic mass is 16.4. The summed E-state index contributed by atoms with van der Waals surface area (Å²) in [6, 6.07) is 4.55. The van der Waals surface area contributed by atoms with Gasteiger partial charge in [0.2, 0.25) is 0 Å². The van der Waals surface area contributed by atoms with Gasteiger partial charge in [-0.25, -0.2) is 9.78 Å². The molecule has 1 amide bonds. The highest BCUT2D eigenvalue weighted by molar-refractivity contribution is 5.96. The number of amides is 1. The number of pyridine rings is 1. The Morgan fingerprint density at radius 1 is 1.45 bits per heavy atom. The molecule has 0 aliphatic carbocycles. The summed E-state index contributed by atoms with van der Waals surface area (Å²) >= 11 is 0. The topological polar surface area (TPSA) is 83.7 Å². The van der Waals surface area contributed by atoms with Crippen LogP contribution in [0.2, 0.25) is 0 Å². The molecule has 0 spiro atoms. The first-order valence-electron chi connectivity index (χ1n) is 6.52. The van der Waals surface area contributed by atoms with E-state index < -0.39 is 17.9 Å². The molecule has 2 heterocycles. The number of fused-ring (bicyclic) bond motifs is 1. The molecule has 0 saturated carbocycles. The predicted octanol–water partition coefficient (Wildman–Crippen LogP) is 1.63. The quantitative estimate of drug-likeness (QED) is 0.868. The van der Waals surface area contributed by atoms with Crippen molar-refractivity contribution < 1.29 is 14.7 Å². The molecule has 1 unspecified atom stereocenters. The van der Waals surface area contributed by atoms with Gasteiger partial charge in [-0.3, -0.25) is 9.20 Å². The molecule has 106 valence electrons. The summed E-state index contributed by atoms with van der Waals surface area (Å²) in [6.45, 7) is 3.61. The van der Waals surface area contributed by atoms with Crippen LogP contribution in [0.3, 0.4) is 0 Å². The zero-order valence-electron chi connectivity index (χ0n) is 11.5. The van der Waals surface area contributed by atoms with Crippen LogP contribution in [0.5, 0.6) is 0 Å². The van der Waals surface area contributed by atoms with Gasteiger partial charge >= 0.3 is 5.97 Å². The average Bonchev–Trinajstić information content (AvgIpc) is 2.73. The Morgan fingerprint density at radius 3 is 2.85 bits per heavy atom. The van der Waals surface area contributed by atoms with Crippen LogP contribution in [0.4, 0.5) is 0 Å². The number of carbonyl (C=O) groups is 2. The van der Waals surface area contributed by atoms with Crippen LogP contribution in [0, 0.1) is 6.92 Å². The van der Waals surface area contributed by atoms with E-state index in [2.05, 4.69) is 10.3 Å². The van der Waals surface area contributed by atoms with Crippen LogP contribution >= 0.6 is 0 Å². The fraction of sp³-hybridized carbons (Fsp3) is 0.357. The van der Waals surface area contributed by atoms with Crippen molar-refractivity contribution in [2.24, 2.45) is 0 Å². The number of nitrogens with one attached hydrogen (secondary N) is 1. The SMILES string of the molecule is CCCC(NC(=O)c1c(C)nc2ccccn12)C(=O)O. The van der Waals surface area contributed by atoms with Gasteiger partial charge in [0.05, 0.1) is 5.69 Å². The number of nitrogens with zero attached hydrogens (tertiary/aromatic N) is 2. The second-order valence-corrected chi connectivity index (χ2v) is 4.63. The van der Waals surface area contributed by atoms with E-state index in [0.29, 0.717) is 29.9 Å². The largest absolute Gasteiger partial charge is 0.480 e. The maximum Gasteiger partial charge on any atom is 0.326 e. The normalized spacial score (nSPS) is 12.3. The third-order valence-electron chi connectivity index (χ3n) is 3.10. The van der Waals surface area contributed by atoms with E-state index in [1.54, 1.807) is 29.7 Å². The van der Waals surface area contributed by atoms with E-state index in [4.69, 9.17) is 5.11 Å². The molecule has 20 heavy (non-hydrogen) atoms. The number of hydrogen-bond donors (Lipinski definition) is 2. The van der Waals surface area contributed by atoms with Crippen molar-refractivity contribution in [3.8, 4) is 0 Å². The number of carbonyl (C=O) groups excluding carboxylic acids is 1. The summed E-state index contributed by atoms with van der Waals surface area (Å²) in [5.74, 6) is -1.44. The lowest BCUT2D eigenvalue weighted by molar-refractivity contribution is -0.139. The first-order valence-corrected chi connectivity index (χ1v) is 6.52. The number of hydrogen-bond acceptors (Lipinski definition) is 3. The van der Waals surface area contributed by atoms with Crippen molar-refractivity contribution in [2.75, 3.05) is 0 Å². The molecule has 2 aromatic rings. The maximum absolute atomic E-state index is 12.3. The Hall–Kier alpha value is -2.37. The zero-order valence-corrected chi connectivity index (χ0v) is 11.5. The molecule has 2 aromatic heterocycles. The number of rotatable bonds is 5. The number of aryl methyl sites for hydroxylation is 1. The monoisotopic (exact) mass is 275 g/mol. The Labute approximate surface area is 116 Å². The van der Waals surface area contributed by atoms with Crippen molar-refractivity contribution in [1.29, 1.82) is 0 Å². The molecule has 0 fully saturated rings. The van der Waals surface area contributed by atoms with Gasteiger partial charge in [0.25, 0.3) is 5.91 Å². The fourth-order valence-corrected chi connectivity index (χ4v) is 2.16. The van der Waals surface area contributed by atoms with E-state index in [9.17, 15) is 9.59 Å². The summed E-state index contributed by atoms with van der Waals surface area (Å²) in [5.41, 5.74) is 1.62. The number of carboxylic acid groups (broad SMARTS) is 1. The Bertz CT molecular complexity index is 648. The molecule has 2 rings (SSSR count). The van der Waals surface area contributed by atoms with Crippen molar-refractivity contribution in [1.82, 2.24) is 14.7 Å². The highest BCUT2D eigenvalue weighted by Gasteiger charge is 2.23. The summed E-state index contributed by atoms with van der Waals surface area (Å²) in [5, 5.41) is 11.6. The minimum atomic E-state index is -1.02. The van der Waals surface area contributed by atoms with Gasteiger partial charge < -0.3 is 10.4 Å². The molecule has 0 bridgehead atoms. The van der Waals surface area contributed by atoms with E-state index in [0.717, 1.165) is 0 Å². The molecular formula is C14H17N3O3. The summed E-state index contributed by atoms with van der Waals surface area (Å²) in [4.78, 5) is 27.7. The minimum absolute atomic E-state index is 0.378. The van der Waals surface area contributed by atoms with E-state index in [1.165, 1.54) is 0 Å². The number of imidazole rings is 1. The Kier molecular flexibility index (Phi) is 4.02. The van der Waals surface area contributed by atoms with Crippen LogP contribution < -0.4 is 5.32 Å². The third-order valence-corrected chi connectivity index (χ3v) is 3.10. The van der Waals surface area contributed by atoms with Crippen LogP contribution in [0.25, 0.3) is 5.65 Å². The fourth-order valence-electron chi connectivity index (χ4n) is 2.16. The molecule has 0 aliphatic heterocycles. The lowest BCUT2D eigenvalue weighted by Crippen LogP contribution is -2.41. The summed E-state index contributed by atoms with van der Waals surface area (Å²) in [7, 11) is 0. The molecule has 6 nitrogen and oxygen atoms in total. The van der Waals surface area contributed by atoms with Crippen molar-refractivity contribution >= 4 is 17.5 Å². The Morgan fingerprint density at radius 2 is 2.20 bits per heavy atom. The van der Waals surface area contributed by atoms with Crippen molar-refractivity contribution in [2.45, 2.75) is 32.7 Å². The first-order chi connectivity index (χ1) is 9.54. The second kappa shape index (κ2) is 5.73. The van der Waals surface area contributed by atoms with Crippen LogP contribution in [0.1, 0.15) is 35.9 Å². The van der Waals surface area contributed by atoms with Gasteiger partial charge in [0.15, 0.2) is 0 Å². The van der Waals surface area contributed by atoms with Gasteiger partial charge in [0.1, 0.15) is 17.4 Å². The zero-order chi connectivity index (χ0) is 14.7.